The van der Waals surface area contributed by atoms with Crippen LogP contribution in [0, 0.1) is 6.92 Å². The quantitative estimate of drug-likeness (QED) is 0.317. The highest BCUT2D eigenvalue weighted by atomic mass is 32.2. The number of nitrogens with zero attached hydrogens (tertiary/aromatic N) is 3. The number of ether oxygens (including phenoxy) is 3. The number of aryl methyl sites for hydroxylation is 1. The molecule has 2 aromatic carbocycles. The lowest BCUT2D eigenvalue weighted by Gasteiger charge is -2.11. The van der Waals surface area contributed by atoms with E-state index in [9.17, 15) is 18.0 Å². The van der Waals surface area contributed by atoms with E-state index in [1.54, 1.807) is 30.7 Å². The first-order valence-electron chi connectivity index (χ1n) is 9.92. The number of carbonyl (C=O) groups is 1. The maximum Gasteiger partial charge on any atom is 0.573 e. The van der Waals surface area contributed by atoms with Crippen LogP contribution in [0.25, 0.3) is 11.4 Å². The fourth-order valence-corrected chi connectivity index (χ4v) is 3.90. The number of hydrogen-bond acceptors (Lipinski definition) is 7. The van der Waals surface area contributed by atoms with Gasteiger partial charge in [0.15, 0.2) is 12.4 Å². The molecule has 0 aliphatic heterocycles. The molecule has 0 amide bonds. The van der Waals surface area contributed by atoms with Gasteiger partial charge in [-0.25, -0.2) is 4.79 Å². The van der Waals surface area contributed by atoms with Crippen molar-refractivity contribution in [2.24, 2.45) is 7.05 Å². The first kappa shape index (κ1) is 24.4. The van der Waals surface area contributed by atoms with Crippen LogP contribution in [-0.2, 0) is 22.3 Å². The largest absolute Gasteiger partial charge is 0.573 e. The molecule has 11 heteroatoms. The molecule has 3 rings (SSSR count). The van der Waals surface area contributed by atoms with Crippen molar-refractivity contribution in [1.82, 2.24) is 14.8 Å². The minimum atomic E-state index is -4.77. The van der Waals surface area contributed by atoms with Crippen LogP contribution in [0.4, 0.5) is 13.2 Å². The molecule has 3 aromatic rings. The van der Waals surface area contributed by atoms with Crippen molar-refractivity contribution in [3.63, 3.8) is 0 Å². The van der Waals surface area contributed by atoms with Crippen molar-refractivity contribution in [3.05, 3.63) is 53.9 Å². The van der Waals surface area contributed by atoms with Crippen molar-refractivity contribution >= 4 is 17.7 Å². The summed E-state index contributed by atoms with van der Waals surface area (Å²) in [6.45, 7) is 3.75. The van der Waals surface area contributed by atoms with Crippen molar-refractivity contribution in [2.45, 2.75) is 30.9 Å². The molecular weight excluding hydrogens is 459 g/mol. The number of carbonyl (C=O) groups excluding carboxylic acids is 1. The van der Waals surface area contributed by atoms with E-state index in [0.717, 1.165) is 10.5 Å². The van der Waals surface area contributed by atoms with Crippen LogP contribution >= 0.6 is 11.8 Å². The van der Waals surface area contributed by atoms with Gasteiger partial charge in [0.1, 0.15) is 17.3 Å². The predicted octanol–water partition coefficient (Wildman–Crippen LogP) is 4.92. The van der Waals surface area contributed by atoms with Gasteiger partial charge in [-0.1, -0.05) is 12.1 Å². The van der Waals surface area contributed by atoms with E-state index in [0.29, 0.717) is 35.3 Å². The zero-order valence-electron chi connectivity index (χ0n) is 18.2. The molecule has 0 bridgehead atoms. The topological polar surface area (TPSA) is 75.5 Å². The number of esters is 1. The van der Waals surface area contributed by atoms with Gasteiger partial charge < -0.3 is 18.8 Å². The van der Waals surface area contributed by atoms with Crippen molar-refractivity contribution < 1.29 is 32.2 Å². The van der Waals surface area contributed by atoms with E-state index in [1.807, 2.05) is 19.1 Å². The molecule has 0 radical (unpaired) electrons. The normalized spacial score (nSPS) is 11.3. The number of halogens is 3. The van der Waals surface area contributed by atoms with E-state index in [4.69, 9.17) is 9.47 Å². The average molecular weight is 481 g/mol. The zero-order chi connectivity index (χ0) is 24.0. The molecule has 0 saturated carbocycles. The van der Waals surface area contributed by atoms with Crippen LogP contribution in [-0.4, -0.2) is 40.3 Å². The molecule has 0 spiro atoms. The monoisotopic (exact) mass is 481 g/mol. The van der Waals surface area contributed by atoms with E-state index < -0.39 is 12.3 Å². The molecule has 0 unspecified atom stereocenters. The highest BCUT2D eigenvalue weighted by Crippen LogP contribution is 2.30. The van der Waals surface area contributed by atoms with Crippen LogP contribution < -0.4 is 9.47 Å². The van der Waals surface area contributed by atoms with Gasteiger partial charge in [-0.15, -0.1) is 35.1 Å². The first-order chi connectivity index (χ1) is 15.7. The average Bonchev–Trinajstić information content (AvgIpc) is 3.11. The molecule has 176 valence electrons. The van der Waals surface area contributed by atoms with Gasteiger partial charge in [0.05, 0.1) is 12.4 Å². The van der Waals surface area contributed by atoms with Crippen LogP contribution in [0.5, 0.6) is 11.5 Å². The fourth-order valence-electron chi connectivity index (χ4n) is 2.93. The summed E-state index contributed by atoms with van der Waals surface area (Å²) < 4.78 is 53.5. The lowest BCUT2D eigenvalue weighted by molar-refractivity contribution is -0.274. The summed E-state index contributed by atoms with van der Waals surface area (Å²) in [7, 11) is 1.75. The number of alkyl halides is 3. The molecule has 7 nitrogen and oxygen atoms in total. The molecule has 0 atom stereocenters. The molecule has 0 N–H and O–H groups in total. The maximum atomic E-state index is 12.5. The third-order valence-electron chi connectivity index (χ3n) is 4.46. The van der Waals surface area contributed by atoms with Crippen LogP contribution in [0.15, 0.2) is 47.4 Å². The predicted molar refractivity (Wildman–Crippen MR) is 116 cm³/mol. The van der Waals surface area contributed by atoms with Gasteiger partial charge in [-0.05, 0) is 49.7 Å². The van der Waals surface area contributed by atoms with Gasteiger partial charge in [0.2, 0.25) is 0 Å². The molecule has 33 heavy (non-hydrogen) atoms. The zero-order valence-corrected chi connectivity index (χ0v) is 19.0. The molecule has 1 heterocycles. The number of benzene rings is 2. The van der Waals surface area contributed by atoms with E-state index >= 15 is 0 Å². The van der Waals surface area contributed by atoms with Gasteiger partial charge in [0.25, 0.3) is 0 Å². The number of thioether (sulfide) groups is 1. The summed E-state index contributed by atoms with van der Waals surface area (Å²) in [4.78, 5) is 12.4. The summed E-state index contributed by atoms with van der Waals surface area (Å²) >= 11 is 1.52. The fraction of sp³-hybridized carbons (Fsp3) is 0.318. The Morgan fingerprint density at radius 2 is 1.94 bits per heavy atom. The number of aromatic nitrogens is 3. The Hall–Kier alpha value is -3.21. The van der Waals surface area contributed by atoms with Crippen LogP contribution in [0.2, 0.25) is 0 Å². The lowest BCUT2D eigenvalue weighted by Crippen LogP contribution is -2.17. The Kier molecular flexibility index (Phi) is 7.85. The van der Waals surface area contributed by atoms with E-state index in [2.05, 4.69) is 14.9 Å². The first-order valence-corrected chi connectivity index (χ1v) is 10.9. The Labute approximate surface area is 192 Å². The van der Waals surface area contributed by atoms with Crippen LogP contribution in [0.1, 0.15) is 18.3 Å². The minimum Gasteiger partial charge on any atom is -0.482 e. The Morgan fingerprint density at radius 3 is 2.64 bits per heavy atom. The van der Waals surface area contributed by atoms with E-state index in [1.165, 1.54) is 30.0 Å². The smallest absolute Gasteiger partial charge is 0.482 e. The molecule has 0 aliphatic rings. The Morgan fingerprint density at radius 1 is 1.15 bits per heavy atom. The SMILES string of the molecule is CCOC(=O)COc1ccc(SCc2nnc(-c3cccc(OC(F)(F)F)c3)n2C)cc1C. The Balaban J connectivity index is 1.65. The standard InChI is InChI=1S/C22H22F3N3O4S/c1-4-30-20(29)12-31-18-9-8-17(10-14(18)2)33-13-19-26-27-21(28(19)3)15-6-5-7-16(11-15)32-22(23,24)25/h5-11H,4,12-13H2,1-3H3. The highest BCUT2D eigenvalue weighted by Gasteiger charge is 2.31. The summed E-state index contributed by atoms with van der Waals surface area (Å²) in [6.07, 6.45) is -4.77. The van der Waals surface area contributed by atoms with Gasteiger partial charge >= 0.3 is 12.3 Å². The lowest BCUT2D eigenvalue weighted by atomic mass is 10.2. The second-order valence-corrected chi connectivity index (χ2v) is 7.93. The maximum absolute atomic E-state index is 12.5. The third kappa shape index (κ3) is 6.88. The van der Waals surface area contributed by atoms with Crippen molar-refractivity contribution in [3.8, 4) is 22.9 Å². The Bertz CT molecular complexity index is 1120. The van der Waals surface area contributed by atoms with Gasteiger partial charge in [-0.2, -0.15) is 0 Å². The van der Waals surface area contributed by atoms with Crippen molar-refractivity contribution in [2.75, 3.05) is 13.2 Å². The molecule has 0 saturated heterocycles. The second-order valence-electron chi connectivity index (χ2n) is 6.88. The van der Waals surface area contributed by atoms with Gasteiger partial charge in [0, 0.05) is 17.5 Å². The van der Waals surface area contributed by atoms with E-state index in [-0.39, 0.29) is 12.4 Å². The van der Waals surface area contributed by atoms with Gasteiger partial charge in [-0.3, -0.25) is 0 Å². The summed E-state index contributed by atoms with van der Waals surface area (Å²) in [6, 6.07) is 11.2. The summed E-state index contributed by atoms with van der Waals surface area (Å²) in [5, 5.41) is 8.29. The minimum absolute atomic E-state index is 0.155. The molecule has 0 aliphatic carbocycles. The second kappa shape index (κ2) is 10.6. The molecular formula is C22H22F3N3O4S. The third-order valence-corrected chi connectivity index (χ3v) is 5.45. The van der Waals surface area contributed by atoms with Crippen molar-refractivity contribution in [1.29, 1.82) is 0 Å². The summed E-state index contributed by atoms with van der Waals surface area (Å²) in [5.74, 6) is 1.41. The summed E-state index contributed by atoms with van der Waals surface area (Å²) in [5.41, 5.74) is 1.33. The number of rotatable bonds is 9. The highest BCUT2D eigenvalue weighted by molar-refractivity contribution is 7.98. The molecule has 1 aromatic heterocycles. The van der Waals surface area contributed by atoms with Crippen LogP contribution in [0.3, 0.4) is 0 Å². The molecule has 0 fully saturated rings. The number of hydrogen-bond donors (Lipinski definition) is 0.